The second kappa shape index (κ2) is 11.4. The molecule has 1 saturated heterocycles. The molecule has 0 spiro atoms. The quantitative estimate of drug-likeness (QED) is 0.499. The summed E-state index contributed by atoms with van der Waals surface area (Å²) >= 11 is 0. The molecule has 2 aromatic carbocycles. The summed E-state index contributed by atoms with van der Waals surface area (Å²) in [4.78, 5) is 24.2. The zero-order valence-electron chi connectivity index (χ0n) is 16.6. The number of hydrogen-bond donors (Lipinski definition) is 4. The van der Waals surface area contributed by atoms with Gasteiger partial charge in [-0.1, -0.05) is 6.07 Å². The summed E-state index contributed by atoms with van der Waals surface area (Å²) in [5, 5.41) is 18.4. The van der Waals surface area contributed by atoms with Crippen LogP contribution in [0, 0.1) is 5.92 Å². The molecular weight excluding hydrogens is 410 g/mol. The number of halogens is 1. The number of β-amino-alcohol motifs (C(OH)–C–C–N with tert-alkyl or cyclic N) is 1. The maximum absolute atomic E-state index is 12.2. The number of carbonyl (C=O) groups is 2. The first-order chi connectivity index (χ1) is 14.0. The van der Waals surface area contributed by atoms with E-state index in [0.29, 0.717) is 42.4 Å². The molecule has 1 fully saturated rings. The summed E-state index contributed by atoms with van der Waals surface area (Å²) < 4.78 is 10.6. The van der Waals surface area contributed by atoms with Crippen molar-refractivity contribution in [1.29, 1.82) is 0 Å². The average molecular weight is 436 g/mol. The highest BCUT2D eigenvalue weighted by atomic mass is 35.5. The van der Waals surface area contributed by atoms with Crippen LogP contribution in [0.25, 0.3) is 0 Å². The van der Waals surface area contributed by atoms with E-state index >= 15 is 0 Å². The standard InChI is InChI=1S/C21H25N3O5.ClH/c1-28-18-4-2-3-16(9-18)24-20(26)13-29-17-7-5-14(6-8-17)21(27)23-11-15-10-22-12-19(15)25;/h2-9,15,19,22,25H,10-13H2,1H3,(H,23,27)(H,24,26);1H. The number of methoxy groups -OCH3 is 1. The van der Waals surface area contributed by atoms with E-state index in [1.165, 1.54) is 0 Å². The van der Waals surface area contributed by atoms with Gasteiger partial charge in [-0.2, -0.15) is 0 Å². The van der Waals surface area contributed by atoms with Gasteiger partial charge in [0.1, 0.15) is 11.5 Å². The van der Waals surface area contributed by atoms with E-state index in [0.717, 1.165) is 0 Å². The summed E-state index contributed by atoms with van der Waals surface area (Å²) in [6.45, 7) is 1.50. The molecule has 0 aliphatic carbocycles. The SMILES string of the molecule is COc1cccc(NC(=O)COc2ccc(C(=O)NCC3CNCC3O)cc2)c1.Cl. The number of anilines is 1. The fourth-order valence-corrected chi connectivity index (χ4v) is 3.00. The Morgan fingerprint density at radius 2 is 1.90 bits per heavy atom. The van der Waals surface area contributed by atoms with E-state index in [-0.39, 0.29) is 36.7 Å². The van der Waals surface area contributed by atoms with Crippen molar-refractivity contribution in [2.24, 2.45) is 5.92 Å². The van der Waals surface area contributed by atoms with Crippen molar-refractivity contribution in [2.45, 2.75) is 6.10 Å². The molecule has 0 bridgehead atoms. The van der Waals surface area contributed by atoms with Crippen molar-refractivity contribution in [3.8, 4) is 11.5 Å². The first-order valence-corrected chi connectivity index (χ1v) is 9.39. The van der Waals surface area contributed by atoms with Crippen molar-refractivity contribution in [2.75, 3.05) is 38.7 Å². The zero-order valence-corrected chi connectivity index (χ0v) is 17.4. The molecule has 162 valence electrons. The fraction of sp³-hybridized carbons (Fsp3) is 0.333. The molecule has 1 heterocycles. The summed E-state index contributed by atoms with van der Waals surface area (Å²) in [6.07, 6.45) is -0.436. The third-order valence-corrected chi connectivity index (χ3v) is 4.67. The lowest BCUT2D eigenvalue weighted by Gasteiger charge is -2.14. The molecule has 4 N–H and O–H groups in total. The number of rotatable bonds is 8. The van der Waals surface area contributed by atoms with Crippen LogP contribution in [-0.2, 0) is 4.79 Å². The summed E-state index contributed by atoms with van der Waals surface area (Å²) in [5.41, 5.74) is 1.10. The van der Waals surface area contributed by atoms with Crippen LogP contribution in [0.2, 0.25) is 0 Å². The number of hydrogen-bond acceptors (Lipinski definition) is 6. The highest BCUT2D eigenvalue weighted by Gasteiger charge is 2.25. The molecular formula is C21H26ClN3O5. The highest BCUT2D eigenvalue weighted by molar-refractivity contribution is 5.94. The Hall–Kier alpha value is -2.81. The normalized spacial score (nSPS) is 17.5. The van der Waals surface area contributed by atoms with Crippen molar-refractivity contribution in [3.63, 3.8) is 0 Å². The number of nitrogens with one attached hydrogen (secondary N) is 3. The van der Waals surface area contributed by atoms with Gasteiger partial charge in [0.2, 0.25) is 0 Å². The predicted molar refractivity (Wildman–Crippen MR) is 116 cm³/mol. The highest BCUT2D eigenvalue weighted by Crippen LogP contribution is 2.17. The second-order valence-electron chi connectivity index (χ2n) is 6.79. The van der Waals surface area contributed by atoms with Gasteiger partial charge in [0.15, 0.2) is 6.61 Å². The van der Waals surface area contributed by atoms with E-state index in [9.17, 15) is 14.7 Å². The van der Waals surface area contributed by atoms with E-state index in [1.54, 1.807) is 55.6 Å². The van der Waals surface area contributed by atoms with Crippen molar-refractivity contribution in [3.05, 3.63) is 54.1 Å². The first-order valence-electron chi connectivity index (χ1n) is 9.39. The first kappa shape index (κ1) is 23.5. The Balaban J connectivity index is 0.00000320. The zero-order chi connectivity index (χ0) is 20.6. The summed E-state index contributed by atoms with van der Waals surface area (Å²) in [5.74, 6) is 0.633. The van der Waals surface area contributed by atoms with Crippen LogP contribution < -0.4 is 25.4 Å². The van der Waals surface area contributed by atoms with Gasteiger partial charge in [-0.05, 0) is 36.4 Å². The third-order valence-electron chi connectivity index (χ3n) is 4.67. The van der Waals surface area contributed by atoms with Gasteiger partial charge in [-0.25, -0.2) is 0 Å². The van der Waals surface area contributed by atoms with E-state index in [4.69, 9.17) is 9.47 Å². The molecule has 1 aliphatic heterocycles. The number of aliphatic hydroxyl groups excluding tert-OH is 1. The molecule has 9 heteroatoms. The van der Waals surface area contributed by atoms with Gasteiger partial charge >= 0.3 is 0 Å². The van der Waals surface area contributed by atoms with Crippen LogP contribution in [0.1, 0.15) is 10.4 Å². The topological polar surface area (TPSA) is 109 Å². The van der Waals surface area contributed by atoms with Crippen LogP contribution in [-0.4, -0.2) is 56.4 Å². The molecule has 2 unspecified atom stereocenters. The summed E-state index contributed by atoms with van der Waals surface area (Å²) in [6, 6.07) is 13.6. The Morgan fingerprint density at radius 1 is 1.13 bits per heavy atom. The van der Waals surface area contributed by atoms with Crippen LogP contribution in [0.5, 0.6) is 11.5 Å². The Morgan fingerprint density at radius 3 is 2.57 bits per heavy atom. The molecule has 1 aliphatic rings. The molecule has 30 heavy (non-hydrogen) atoms. The Labute approximate surface area is 181 Å². The second-order valence-corrected chi connectivity index (χ2v) is 6.79. The number of ether oxygens (including phenoxy) is 2. The molecule has 8 nitrogen and oxygen atoms in total. The van der Waals surface area contributed by atoms with Gasteiger partial charge in [0.25, 0.3) is 11.8 Å². The Bertz CT molecular complexity index is 847. The predicted octanol–water partition coefficient (Wildman–Crippen LogP) is 1.44. The molecule has 2 amide bonds. The van der Waals surface area contributed by atoms with E-state index < -0.39 is 6.10 Å². The van der Waals surface area contributed by atoms with E-state index in [2.05, 4.69) is 16.0 Å². The third kappa shape index (κ3) is 6.62. The number of amides is 2. The minimum atomic E-state index is -0.436. The van der Waals surface area contributed by atoms with Crippen molar-refractivity contribution >= 4 is 29.9 Å². The number of aliphatic hydroxyl groups is 1. The average Bonchev–Trinajstić information content (AvgIpc) is 3.15. The molecule has 3 rings (SSSR count). The minimum absolute atomic E-state index is 0. The lowest BCUT2D eigenvalue weighted by Crippen LogP contribution is -2.34. The van der Waals surface area contributed by atoms with Crippen molar-refractivity contribution in [1.82, 2.24) is 10.6 Å². The Kier molecular flexibility index (Phi) is 8.91. The van der Waals surface area contributed by atoms with Gasteiger partial charge in [0.05, 0.1) is 13.2 Å². The van der Waals surface area contributed by atoms with Gasteiger partial charge in [0, 0.05) is 42.9 Å². The van der Waals surface area contributed by atoms with E-state index in [1.807, 2.05) is 0 Å². The molecule has 2 aromatic rings. The summed E-state index contributed by atoms with van der Waals surface area (Å²) in [7, 11) is 1.56. The monoisotopic (exact) mass is 435 g/mol. The van der Waals surface area contributed by atoms with Crippen LogP contribution in [0.15, 0.2) is 48.5 Å². The smallest absolute Gasteiger partial charge is 0.262 e. The maximum atomic E-state index is 12.2. The molecule has 0 saturated carbocycles. The fourth-order valence-electron chi connectivity index (χ4n) is 3.00. The van der Waals surface area contributed by atoms with Gasteiger partial charge < -0.3 is 30.5 Å². The number of benzene rings is 2. The maximum Gasteiger partial charge on any atom is 0.262 e. The van der Waals surface area contributed by atoms with Crippen LogP contribution in [0.3, 0.4) is 0 Å². The minimum Gasteiger partial charge on any atom is -0.497 e. The lowest BCUT2D eigenvalue weighted by atomic mass is 10.1. The van der Waals surface area contributed by atoms with Crippen LogP contribution >= 0.6 is 12.4 Å². The molecule has 0 aromatic heterocycles. The molecule has 2 atom stereocenters. The van der Waals surface area contributed by atoms with Gasteiger partial charge in [-0.15, -0.1) is 12.4 Å². The lowest BCUT2D eigenvalue weighted by molar-refractivity contribution is -0.118. The van der Waals surface area contributed by atoms with Crippen LogP contribution in [0.4, 0.5) is 5.69 Å². The largest absolute Gasteiger partial charge is 0.497 e. The van der Waals surface area contributed by atoms with Crippen molar-refractivity contribution < 1.29 is 24.2 Å². The van der Waals surface area contributed by atoms with Gasteiger partial charge in [-0.3, -0.25) is 9.59 Å². The number of carbonyl (C=O) groups excluding carboxylic acids is 2. The molecule has 0 radical (unpaired) electrons.